The van der Waals surface area contributed by atoms with E-state index < -0.39 is 28.5 Å². The van der Waals surface area contributed by atoms with Crippen molar-refractivity contribution < 1.29 is 42.3 Å². The fourth-order valence-corrected chi connectivity index (χ4v) is 12.2. The molecule has 0 saturated carbocycles. The van der Waals surface area contributed by atoms with Crippen LogP contribution in [0.15, 0.2) is 318 Å². The highest BCUT2D eigenvalue weighted by Gasteiger charge is 2.51. The molecule has 0 radical (unpaired) electrons. The van der Waals surface area contributed by atoms with Crippen LogP contribution in [0.5, 0.6) is 0 Å². The van der Waals surface area contributed by atoms with E-state index in [0.717, 1.165) is 110 Å². The molecule has 30 heteroatoms. The third-order valence-corrected chi connectivity index (χ3v) is 19.0. The van der Waals surface area contributed by atoms with Gasteiger partial charge in [-0.3, -0.25) is 34.2 Å². The molecule has 1 fully saturated rings. The summed E-state index contributed by atoms with van der Waals surface area (Å²) in [5, 5.41) is 34.1. The number of aromatic nitrogens is 6. The second-order valence-electron chi connectivity index (χ2n) is 25.3. The van der Waals surface area contributed by atoms with Gasteiger partial charge in [0.25, 0.3) is 24.2 Å². The van der Waals surface area contributed by atoms with Crippen LogP contribution in [0.25, 0.3) is 66.8 Å². The van der Waals surface area contributed by atoms with Gasteiger partial charge in [-0.1, -0.05) is 173 Å². The maximum Gasteiger partial charge on any atom is 0.494 e. The van der Waals surface area contributed by atoms with E-state index in [0.29, 0.717) is 26.8 Å². The zero-order chi connectivity index (χ0) is 80.8. The van der Waals surface area contributed by atoms with E-state index in [1.54, 1.807) is 12.1 Å². The standard InChI is InChI=1S/C20H14N4O.C13H17BN2O3.C13H9BrN2.C12H9BrN2O2.C12H11BrN2.C6H3BrFNO2.C6H7N.CH2O2/c21-20-23-17-10-13(7-9-19(17)25-20)14-6-8-16-18(11-14)24(12-22-16)15-4-2-1-3-5-15;1-12(2)13(3,4)19-14(18-12)8-5-6-10-9(7-8)16-11(15)17-10;14-10-6-7-12-13(8-10)16(9-15-12)11-4-2-1-3-5-11;13-9-6-7-12(15(16)17)11(8-9)14-10-4-2-1-3-5-10;13-9-6-7-11(14)12(8-9)15-10-4-2-1-3-5-10;7-4-1-2-6(9(10)11)5(8)3-4;7-6-4-2-1-3-5-6;2-1-3/h1-12H,(H2,21,23);5-7H,1-4H3,(H2,15,16);1-9H;1-8,14H;1-8,15H,14H2;1-3H;1-5H,7H2;1H,(H,2,3). The number of rotatable bonds is 10. The number of hydrogen-bond acceptors (Lipinski definition) is 19. The lowest BCUT2D eigenvalue weighted by atomic mass is 9.79. The molecule has 0 bridgehead atoms. The average molecular weight is 1780 g/mol. The third kappa shape index (κ3) is 22.8. The number of nitro benzene ring substituents is 2. The Morgan fingerprint density at radius 1 is 0.469 bits per heavy atom. The molecule has 0 unspecified atom stereocenters. The Balaban J connectivity index is 0.000000142. The highest BCUT2D eigenvalue weighted by Crippen LogP contribution is 2.38. The number of halogens is 5. The van der Waals surface area contributed by atoms with Crippen LogP contribution in [-0.4, -0.2) is 68.8 Å². The maximum atomic E-state index is 12.6. The minimum atomic E-state index is -0.829. The Bertz CT molecular complexity index is 5860. The van der Waals surface area contributed by atoms with Gasteiger partial charge >= 0.3 is 12.8 Å². The summed E-state index contributed by atoms with van der Waals surface area (Å²) in [7, 11) is -0.396. The number of nitrogen functional groups attached to an aromatic ring is 4. The van der Waals surface area contributed by atoms with Crippen molar-refractivity contribution in [2.24, 2.45) is 0 Å². The van der Waals surface area contributed by atoms with E-state index in [4.69, 9.17) is 51.0 Å². The molecular weight excluding hydrogens is 1700 g/mol. The molecule has 0 spiro atoms. The molecule has 1 aliphatic rings. The largest absolute Gasteiger partial charge is 0.494 e. The fourth-order valence-electron chi connectivity index (χ4n) is 10.8. The first-order chi connectivity index (χ1) is 54.2. The van der Waals surface area contributed by atoms with E-state index in [-0.39, 0.29) is 35.4 Å². The van der Waals surface area contributed by atoms with Gasteiger partial charge in [-0.25, -0.2) is 9.97 Å². The van der Waals surface area contributed by atoms with E-state index >= 15 is 0 Å². The van der Waals surface area contributed by atoms with Crippen LogP contribution in [0.1, 0.15) is 27.7 Å². The van der Waals surface area contributed by atoms with Crippen LogP contribution in [0, 0.1) is 26.0 Å². The van der Waals surface area contributed by atoms with Crippen molar-refractivity contribution in [3.63, 3.8) is 0 Å². The van der Waals surface area contributed by atoms with Crippen LogP contribution < -0.4 is 39.0 Å². The maximum absolute atomic E-state index is 12.6. The van der Waals surface area contributed by atoms with Gasteiger partial charge in [-0.2, -0.15) is 14.4 Å². The number of hydrogen-bond donors (Lipinski definition) is 7. The predicted octanol–water partition coefficient (Wildman–Crippen LogP) is 21.3. The first-order valence-corrected chi connectivity index (χ1v) is 37.4. The van der Waals surface area contributed by atoms with E-state index in [2.05, 4.69) is 146 Å². The van der Waals surface area contributed by atoms with Crippen molar-refractivity contribution in [1.82, 2.24) is 29.1 Å². The topological polar surface area (TPSA) is 358 Å². The van der Waals surface area contributed by atoms with Gasteiger partial charge in [0.1, 0.15) is 29.4 Å². The van der Waals surface area contributed by atoms with Gasteiger partial charge in [0.05, 0.1) is 54.5 Å². The van der Waals surface area contributed by atoms with Gasteiger partial charge in [0.15, 0.2) is 11.2 Å². The second kappa shape index (κ2) is 38.9. The van der Waals surface area contributed by atoms with Crippen molar-refractivity contribution in [3.05, 3.63) is 336 Å². The SMILES string of the molecule is Brc1ccc2ncn(-c3ccccc3)c2c1.CC1(C)OB(c2ccc3oc(N)nc3c2)OC1(C)C.Nc1ccc(Br)cc1Nc1ccccc1.Nc1ccccc1.Nc1nc2cc(-c3ccc4ncn(-c5ccccc5)c4c3)ccc2o1.O=CO.O=[N+]([O-])c1ccc(Br)cc1F.O=[N+]([O-])c1ccc(Br)cc1Nc1ccccc1. The average Bonchev–Trinajstić information content (AvgIpc) is 1.05. The first-order valence-electron chi connectivity index (χ1n) is 34.2. The highest BCUT2D eigenvalue weighted by atomic mass is 79.9. The monoisotopic (exact) mass is 1770 g/mol. The summed E-state index contributed by atoms with van der Waals surface area (Å²) in [5.41, 5.74) is 38.3. The van der Waals surface area contributed by atoms with Crippen molar-refractivity contribution in [3.8, 4) is 22.5 Å². The lowest BCUT2D eigenvalue weighted by Crippen LogP contribution is -2.41. The Kier molecular flexibility index (Phi) is 28.5. The molecule has 11 N–H and O–H groups in total. The number of nitro groups is 2. The molecule has 572 valence electrons. The normalized spacial score (nSPS) is 12.0. The summed E-state index contributed by atoms with van der Waals surface area (Å²) in [6, 6.07) is 87.5. The lowest BCUT2D eigenvalue weighted by Gasteiger charge is -2.32. The molecule has 0 aliphatic carbocycles. The van der Waals surface area contributed by atoms with Crippen molar-refractivity contribution in [2.45, 2.75) is 38.9 Å². The molecule has 16 aromatic rings. The smallest absolute Gasteiger partial charge is 0.483 e. The Hall–Kier alpha value is -12.6. The van der Waals surface area contributed by atoms with Gasteiger partial charge in [0.2, 0.25) is 5.82 Å². The minimum Gasteiger partial charge on any atom is -0.483 e. The summed E-state index contributed by atoms with van der Waals surface area (Å²) in [6.07, 6.45) is 3.71. The number of fused-ring (bicyclic) bond motifs is 4. The number of carboxylic acid groups (broad SMARTS) is 1. The Morgan fingerprint density at radius 3 is 1.36 bits per heavy atom. The number of nitrogens with two attached hydrogens (primary N) is 4. The molecule has 0 amide bonds. The molecule has 4 aromatic heterocycles. The van der Waals surface area contributed by atoms with Crippen LogP contribution in [0.2, 0.25) is 0 Å². The summed E-state index contributed by atoms with van der Waals surface area (Å²) in [4.78, 5) is 45.4. The van der Waals surface area contributed by atoms with Crippen LogP contribution in [0.3, 0.4) is 0 Å². The molecule has 17 rings (SSSR count). The molecule has 12 aromatic carbocycles. The molecule has 1 saturated heterocycles. The summed E-state index contributed by atoms with van der Waals surface area (Å²) in [6.45, 7) is 7.86. The number of para-hydroxylation sites is 5. The number of imidazole rings is 2. The summed E-state index contributed by atoms with van der Waals surface area (Å²) >= 11 is 13.2. The van der Waals surface area contributed by atoms with Crippen molar-refractivity contribution >= 4 is 185 Å². The summed E-state index contributed by atoms with van der Waals surface area (Å²) in [5.74, 6) is -0.829. The van der Waals surface area contributed by atoms with E-state index in [9.17, 15) is 24.6 Å². The summed E-state index contributed by atoms with van der Waals surface area (Å²) < 4.78 is 42.7. The Morgan fingerprint density at radius 2 is 0.867 bits per heavy atom. The predicted molar refractivity (Wildman–Crippen MR) is 460 cm³/mol. The molecular formula is C83H72BBr4FN14O10. The third-order valence-electron chi connectivity index (χ3n) is 17.0. The number of carbonyl (C=O) groups is 1. The van der Waals surface area contributed by atoms with Crippen LogP contribution >= 0.6 is 63.7 Å². The number of benzene rings is 12. The number of nitrogens with zero attached hydrogens (tertiary/aromatic N) is 8. The molecule has 1 aliphatic heterocycles. The second-order valence-corrected chi connectivity index (χ2v) is 29.0. The molecule has 0 atom stereocenters. The molecule has 5 heterocycles. The van der Waals surface area contributed by atoms with E-state index in [1.165, 1.54) is 12.1 Å². The number of oxazole rings is 2. The van der Waals surface area contributed by atoms with Gasteiger partial charge in [0, 0.05) is 58.5 Å². The Labute approximate surface area is 681 Å². The number of nitrogens with one attached hydrogen (secondary N) is 2. The zero-order valence-electron chi connectivity index (χ0n) is 60.8. The van der Waals surface area contributed by atoms with Crippen molar-refractivity contribution in [1.29, 1.82) is 0 Å². The van der Waals surface area contributed by atoms with Gasteiger partial charge < -0.3 is 56.8 Å². The van der Waals surface area contributed by atoms with Crippen LogP contribution in [0.4, 0.5) is 61.9 Å². The molecule has 24 nitrogen and oxygen atoms in total. The quantitative estimate of drug-likeness (QED) is 0.0220. The van der Waals surface area contributed by atoms with Gasteiger partial charge in [-0.05, 0) is 202 Å². The molecule has 113 heavy (non-hydrogen) atoms. The first kappa shape index (κ1) is 82.9. The fraction of sp³-hybridized carbons (Fsp3) is 0.0723. The van der Waals surface area contributed by atoms with Crippen LogP contribution in [-0.2, 0) is 14.1 Å². The van der Waals surface area contributed by atoms with Crippen molar-refractivity contribution in [2.75, 3.05) is 33.6 Å². The zero-order valence-corrected chi connectivity index (χ0v) is 67.1. The highest BCUT2D eigenvalue weighted by molar-refractivity contribution is 9.11. The van der Waals surface area contributed by atoms with E-state index in [1.807, 2.05) is 241 Å². The van der Waals surface area contributed by atoms with Gasteiger partial charge in [-0.15, -0.1) is 0 Å². The minimum absolute atomic E-state index is 0.0528. The number of anilines is 8. The lowest BCUT2D eigenvalue weighted by molar-refractivity contribution is -0.387.